The molecule has 0 heterocycles. The summed E-state index contributed by atoms with van der Waals surface area (Å²) in [4.78, 5) is 1.69. The van der Waals surface area contributed by atoms with E-state index >= 15 is 0 Å². The van der Waals surface area contributed by atoms with Crippen LogP contribution in [0.1, 0.15) is 5.56 Å². The third-order valence-corrected chi connectivity index (χ3v) is 4.58. The predicted molar refractivity (Wildman–Crippen MR) is 84.1 cm³/mol. The Kier molecular flexibility index (Phi) is 4.98. The normalized spacial score (nSPS) is 11.8. The molecule has 0 amide bonds. The standard InChI is InChI=1S/C13H9Cl2FN2O4S/c14-10-5-7(12(19)11(15)13(10)20)6-17-18-23(21,22)9-3-1-8(16)2-4-9/h1-6,18-20H/b17-6+. The molecule has 10 heteroatoms. The molecule has 0 aliphatic carbocycles. The van der Waals surface area contributed by atoms with Crippen LogP contribution < -0.4 is 4.83 Å². The number of nitrogens with zero attached hydrogens (tertiary/aromatic N) is 1. The summed E-state index contributed by atoms with van der Waals surface area (Å²) in [5.41, 5.74) is -0.0143. The van der Waals surface area contributed by atoms with E-state index in [0.717, 1.165) is 36.5 Å². The van der Waals surface area contributed by atoms with Gasteiger partial charge in [0.15, 0.2) is 5.75 Å². The highest BCUT2D eigenvalue weighted by Gasteiger charge is 2.15. The number of hydrazone groups is 1. The van der Waals surface area contributed by atoms with Crippen LogP contribution in [0.25, 0.3) is 0 Å². The van der Waals surface area contributed by atoms with Gasteiger partial charge in [-0.3, -0.25) is 0 Å². The van der Waals surface area contributed by atoms with Crippen molar-refractivity contribution in [1.29, 1.82) is 0 Å². The van der Waals surface area contributed by atoms with Crippen molar-refractivity contribution in [2.75, 3.05) is 0 Å². The summed E-state index contributed by atoms with van der Waals surface area (Å²) in [6, 6.07) is 5.26. The lowest BCUT2D eigenvalue weighted by atomic mass is 10.2. The van der Waals surface area contributed by atoms with E-state index in [1.807, 2.05) is 4.83 Å². The number of benzene rings is 2. The molecule has 0 unspecified atom stereocenters. The highest BCUT2D eigenvalue weighted by atomic mass is 35.5. The molecule has 23 heavy (non-hydrogen) atoms. The molecule has 0 fully saturated rings. The van der Waals surface area contributed by atoms with Crippen molar-refractivity contribution in [3.05, 3.63) is 51.8 Å². The van der Waals surface area contributed by atoms with Crippen molar-refractivity contribution in [3.63, 3.8) is 0 Å². The summed E-state index contributed by atoms with van der Waals surface area (Å²) in [6.45, 7) is 0. The van der Waals surface area contributed by atoms with Gasteiger partial charge >= 0.3 is 0 Å². The van der Waals surface area contributed by atoms with Crippen LogP contribution in [0.15, 0.2) is 40.3 Å². The van der Waals surface area contributed by atoms with Gasteiger partial charge in [0.1, 0.15) is 16.6 Å². The summed E-state index contributed by atoms with van der Waals surface area (Å²) in [7, 11) is -4.00. The first-order valence-electron chi connectivity index (χ1n) is 5.92. The summed E-state index contributed by atoms with van der Waals surface area (Å²) >= 11 is 11.3. The number of hydrogen-bond acceptors (Lipinski definition) is 5. The molecule has 2 rings (SSSR count). The van der Waals surface area contributed by atoms with E-state index in [9.17, 15) is 23.0 Å². The largest absolute Gasteiger partial charge is 0.506 e. The van der Waals surface area contributed by atoms with Gasteiger partial charge in [-0.25, -0.2) is 9.22 Å². The second-order valence-electron chi connectivity index (χ2n) is 4.27. The zero-order valence-corrected chi connectivity index (χ0v) is 13.5. The summed E-state index contributed by atoms with van der Waals surface area (Å²) in [5.74, 6) is -1.60. The van der Waals surface area contributed by atoms with Crippen molar-refractivity contribution in [2.45, 2.75) is 4.90 Å². The van der Waals surface area contributed by atoms with Crippen molar-refractivity contribution < 1.29 is 23.0 Å². The Morgan fingerprint density at radius 3 is 2.35 bits per heavy atom. The van der Waals surface area contributed by atoms with Crippen LogP contribution in [0.5, 0.6) is 11.5 Å². The molecule has 0 spiro atoms. The van der Waals surface area contributed by atoms with Gasteiger partial charge in [0.05, 0.1) is 16.1 Å². The molecule has 2 aromatic carbocycles. The first kappa shape index (κ1) is 17.3. The Morgan fingerprint density at radius 2 is 1.74 bits per heavy atom. The third-order valence-electron chi connectivity index (χ3n) is 2.70. The number of phenolic OH excluding ortho intramolecular Hbond substituents is 2. The van der Waals surface area contributed by atoms with Gasteiger partial charge in [-0.05, 0) is 30.3 Å². The van der Waals surface area contributed by atoms with Gasteiger partial charge in [-0.1, -0.05) is 23.2 Å². The molecule has 3 N–H and O–H groups in total. The van der Waals surface area contributed by atoms with Crippen LogP contribution in [-0.4, -0.2) is 24.8 Å². The number of phenols is 2. The zero-order valence-electron chi connectivity index (χ0n) is 11.2. The molecule has 0 radical (unpaired) electrons. The summed E-state index contributed by atoms with van der Waals surface area (Å²) < 4.78 is 36.6. The van der Waals surface area contributed by atoms with E-state index in [2.05, 4.69) is 5.10 Å². The zero-order chi connectivity index (χ0) is 17.2. The molecule has 2 aromatic rings. The first-order valence-corrected chi connectivity index (χ1v) is 8.16. The number of hydrogen-bond donors (Lipinski definition) is 3. The van der Waals surface area contributed by atoms with E-state index in [1.54, 1.807) is 0 Å². The highest BCUT2D eigenvalue weighted by molar-refractivity contribution is 7.89. The van der Waals surface area contributed by atoms with Crippen LogP contribution in [0.4, 0.5) is 4.39 Å². The van der Waals surface area contributed by atoms with Gasteiger partial charge < -0.3 is 10.2 Å². The lowest BCUT2D eigenvalue weighted by molar-refractivity contribution is 0.450. The molecule has 0 aromatic heterocycles. The van der Waals surface area contributed by atoms with Crippen molar-refractivity contribution in [2.24, 2.45) is 5.10 Å². The van der Waals surface area contributed by atoms with Crippen molar-refractivity contribution in [1.82, 2.24) is 4.83 Å². The molecule has 0 saturated carbocycles. The Hall–Kier alpha value is -2.03. The number of nitrogens with one attached hydrogen (secondary N) is 1. The highest BCUT2D eigenvalue weighted by Crippen LogP contribution is 2.40. The third kappa shape index (κ3) is 3.84. The number of rotatable bonds is 4. The summed E-state index contributed by atoms with van der Waals surface area (Å²) in [5, 5.41) is 22.1. The lowest BCUT2D eigenvalue weighted by Crippen LogP contribution is -2.18. The average molecular weight is 379 g/mol. The fraction of sp³-hybridized carbons (Fsp3) is 0. The topological polar surface area (TPSA) is 99.0 Å². The Morgan fingerprint density at radius 1 is 1.13 bits per heavy atom. The second kappa shape index (κ2) is 6.61. The maximum Gasteiger partial charge on any atom is 0.276 e. The molecule has 0 aliphatic heterocycles. The predicted octanol–water partition coefficient (Wildman–Crippen LogP) is 2.86. The van der Waals surface area contributed by atoms with E-state index in [0.29, 0.717) is 0 Å². The van der Waals surface area contributed by atoms with Gasteiger partial charge in [0, 0.05) is 5.56 Å². The maximum absolute atomic E-state index is 12.8. The van der Waals surface area contributed by atoms with Crippen LogP contribution in [0.3, 0.4) is 0 Å². The molecule has 6 nitrogen and oxygen atoms in total. The minimum Gasteiger partial charge on any atom is -0.506 e. The Labute approximate surface area is 140 Å². The molecule has 0 saturated heterocycles. The minimum absolute atomic E-state index is 0.0143. The first-order chi connectivity index (χ1) is 10.7. The smallest absolute Gasteiger partial charge is 0.276 e. The SMILES string of the molecule is O=S(=O)(N/N=C/c1cc(Cl)c(O)c(Cl)c1O)c1ccc(F)cc1. The van der Waals surface area contributed by atoms with Crippen LogP contribution in [0.2, 0.25) is 10.0 Å². The van der Waals surface area contributed by atoms with Crippen molar-refractivity contribution >= 4 is 39.4 Å². The fourth-order valence-electron chi connectivity index (χ4n) is 1.55. The average Bonchev–Trinajstić information content (AvgIpc) is 2.50. The molecule has 0 atom stereocenters. The molecule has 0 bridgehead atoms. The fourth-order valence-corrected chi connectivity index (χ4v) is 2.81. The Bertz CT molecular complexity index is 871. The van der Waals surface area contributed by atoms with E-state index in [-0.39, 0.29) is 20.5 Å². The van der Waals surface area contributed by atoms with Gasteiger partial charge in [0.25, 0.3) is 10.0 Å². The van der Waals surface area contributed by atoms with E-state index < -0.39 is 27.3 Å². The van der Waals surface area contributed by atoms with E-state index in [1.165, 1.54) is 0 Å². The molecule has 122 valence electrons. The van der Waals surface area contributed by atoms with Crippen LogP contribution in [-0.2, 0) is 10.0 Å². The van der Waals surface area contributed by atoms with Crippen molar-refractivity contribution in [3.8, 4) is 11.5 Å². The maximum atomic E-state index is 12.8. The number of sulfonamides is 1. The number of halogens is 3. The van der Waals surface area contributed by atoms with Crippen LogP contribution in [0, 0.1) is 5.82 Å². The minimum atomic E-state index is -4.00. The summed E-state index contributed by atoms with van der Waals surface area (Å²) in [6.07, 6.45) is 0.952. The molecular formula is C13H9Cl2FN2O4S. The van der Waals surface area contributed by atoms with Gasteiger partial charge in [-0.2, -0.15) is 13.5 Å². The number of aromatic hydroxyl groups is 2. The molecule has 0 aliphatic rings. The molecular weight excluding hydrogens is 370 g/mol. The van der Waals surface area contributed by atoms with Gasteiger partial charge in [-0.15, -0.1) is 0 Å². The van der Waals surface area contributed by atoms with E-state index in [4.69, 9.17) is 23.2 Å². The second-order valence-corrected chi connectivity index (χ2v) is 6.71. The Balaban J connectivity index is 2.24. The van der Waals surface area contributed by atoms with Crippen LogP contribution >= 0.6 is 23.2 Å². The lowest BCUT2D eigenvalue weighted by Gasteiger charge is -2.06. The van der Waals surface area contributed by atoms with Gasteiger partial charge in [0.2, 0.25) is 0 Å². The monoisotopic (exact) mass is 378 g/mol. The quantitative estimate of drug-likeness (QED) is 0.562.